The molecule has 0 radical (unpaired) electrons. The summed E-state index contributed by atoms with van der Waals surface area (Å²) in [5.41, 5.74) is 2.98. The molecule has 0 saturated heterocycles. The lowest BCUT2D eigenvalue weighted by atomic mass is 10.1. The van der Waals surface area contributed by atoms with Crippen LogP contribution < -0.4 is 24.3 Å². The van der Waals surface area contributed by atoms with E-state index in [9.17, 15) is 10.1 Å². The quantitative estimate of drug-likeness (QED) is 0.141. The molecule has 0 aliphatic rings. The van der Waals surface area contributed by atoms with E-state index in [0.717, 1.165) is 11.1 Å². The van der Waals surface area contributed by atoms with Crippen LogP contribution in [0.25, 0.3) is 6.08 Å². The Morgan fingerprint density at radius 2 is 1.56 bits per heavy atom. The average Bonchev–Trinajstić information content (AvgIpc) is 2.99. The Kier molecular flexibility index (Phi) is 10.2. The summed E-state index contributed by atoms with van der Waals surface area (Å²) in [5, 5.41) is 12.8. The number of carbonyl (C=O) groups is 1. The summed E-state index contributed by atoms with van der Waals surface area (Å²) in [7, 11) is 1.60. The molecule has 0 bridgehead atoms. The molecule has 0 fully saturated rings. The Morgan fingerprint density at radius 3 is 2.27 bits per heavy atom. The van der Waals surface area contributed by atoms with E-state index in [-0.39, 0.29) is 12.2 Å². The van der Waals surface area contributed by atoms with Gasteiger partial charge in [0.1, 0.15) is 24.9 Å². The molecule has 7 nitrogen and oxygen atoms in total. The third kappa shape index (κ3) is 8.28. The number of ether oxygens (including phenoxy) is 4. The first-order valence-electron chi connectivity index (χ1n) is 12.9. The maximum Gasteiger partial charge on any atom is 0.266 e. The van der Waals surface area contributed by atoms with Crippen LogP contribution in [0.1, 0.15) is 23.6 Å². The van der Waals surface area contributed by atoms with Crippen molar-refractivity contribution in [2.75, 3.05) is 19.0 Å². The Hall–Kier alpha value is -4.93. The number of hydrogen-bond donors (Lipinski definition) is 1. The summed E-state index contributed by atoms with van der Waals surface area (Å²) in [4.78, 5) is 12.7. The van der Waals surface area contributed by atoms with Gasteiger partial charge >= 0.3 is 0 Å². The maximum absolute atomic E-state index is 12.7. The van der Waals surface area contributed by atoms with Gasteiger partial charge in [0, 0.05) is 10.7 Å². The third-order valence-electron chi connectivity index (χ3n) is 5.89. The number of amides is 1. The van der Waals surface area contributed by atoms with Crippen LogP contribution in [0.5, 0.6) is 23.0 Å². The molecule has 4 aromatic carbocycles. The number of carbonyl (C=O) groups excluding carboxylic acids is 1. The lowest BCUT2D eigenvalue weighted by Gasteiger charge is -2.15. The first-order chi connectivity index (χ1) is 20.0. The second-order valence-electron chi connectivity index (χ2n) is 8.82. The number of nitriles is 1. The molecule has 4 rings (SSSR count). The molecule has 208 valence electrons. The van der Waals surface area contributed by atoms with Crippen LogP contribution in [-0.4, -0.2) is 19.6 Å². The van der Waals surface area contributed by atoms with Crippen LogP contribution in [-0.2, 0) is 18.0 Å². The highest BCUT2D eigenvalue weighted by atomic mass is 35.5. The van der Waals surface area contributed by atoms with E-state index in [1.165, 1.54) is 6.08 Å². The largest absolute Gasteiger partial charge is 0.493 e. The van der Waals surface area contributed by atoms with Crippen LogP contribution in [0, 0.1) is 11.3 Å². The fraction of sp³-hybridized carbons (Fsp3) is 0.152. The molecular formula is C33H29ClN2O5. The lowest BCUT2D eigenvalue weighted by molar-refractivity contribution is -0.112. The van der Waals surface area contributed by atoms with Crippen molar-refractivity contribution in [1.29, 1.82) is 5.26 Å². The van der Waals surface area contributed by atoms with Crippen LogP contribution in [0.4, 0.5) is 5.69 Å². The average molecular weight is 569 g/mol. The standard InChI is InChI=1S/C33H29ClN2O5/c1-3-39-32-17-24(16-26(20-35)33(37)36-28-11-7-10-27(34)19-28)12-14-30(32)41-22-25-13-15-29(31(18-25)38-2)40-21-23-8-5-4-6-9-23/h4-19H,3,21-22H2,1-2H3,(H,36,37)/b26-16-. The molecule has 0 spiro atoms. The van der Waals surface area contributed by atoms with E-state index >= 15 is 0 Å². The Bertz CT molecular complexity index is 1560. The third-order valence-corrected chi connectivity index (χ3v) is 6.12. The highest BCUT2D eigenvalue weighted by Crippen LogP contribution is 2.32. The molecule has 4 aromatic rings. The molecule has 8 heteroatoms. The Balaban J connectivity index is 1.45. The van der Waals surface area contributed by atoms with Gasteiger partial charge in [0.15, 0.2) is 23.0 Å². The second kappa shape index (κ2) is 14.5. The van der Waals surface area contributed by atoms with Gasteiger partial charge in [-0.25, -0.2) is 0 Å². The molecular weight excluding hydrogens is 540 g/mol. The van der Waals surface area contributed by atoms with Crippen molar-refractivity contribution < 1.29 is 23.7 Å². The minimum atomic E-state index is -0.543. The van der Waals surface area contributed by atoms with Crippen molar-refractivity contribution >= 4 is 29.3 Å². The van der Waals surface area contributed by atoms with Crippen molar-refractivity contribution in [3.63, 3.8) is 0 Å². The highest BCUT2D eigenvalue weighted by molar-refractivity contribution is 6.31. The summed E-state index contributed by atoms with van der Waals surface area (Å²) in [6.45, 7) is 2.97. The van der Waals surface area contributed by atoms with Gasteiger partial charge in [-0.05, 0) is 72.2 Å². The normalized spacial score (nSPS) is 10.8. The molecule has 0 unspecified atom stereocenters. The zero-order chi connectivity index (χ0) is 29.0. The van der Waals surface area contributed by atoms with Crippen molar-refractivity contribution in [2.24, 2.45) is 0 Å². The summed E-state index contributed by atoms with van der Waals surface area (Å²) < 4.78 is 23.3. The molecule has 0 aliphatic heterocycles. The molecule has 0 aromatic heterocycles. The highest BCUT2D eigenvalue weighted by Gasteiger charge is 2.13. The van der Waals surface area contributed by atoms with Crippen LogP contribution >= 0.6 is 11.6 Å². The van der Waals surface area contributed by atoms with Crippen LogP contribution in [0.3, 0.4) is 0 Å². The number of nitrogens with one attached hydrogen (secondary N) is 1. The van der Waals surface area contributed by atoms with E-state index in [2.05, 4.69) is 5.32 Å². The topological polar surface area (TPSA) is 89.8 Å². The van der Waals surface area contributed by atoms with Gasteiger partial charge in [-0.3, -0.25) is 4.79 Å². The second-order valence-corrected chi connectivity index (χ2v) is 9.26. The molecule has 41 heavy (non-hydrogen) atoms. The zero-order valence-electron chi connectivity index (χ0n) is 22.7. The van der Waals surface area contributed by atoms with E-state index in [4.69, 9.17) is 30.5 Å². The van der Waals surface area contributed by atoms with Gasteiger partial charge in [0.25, 0.3) is 5.91 Å². The van der Waals surface area contributed by atoms with E-state index in [1.807, 2.05) is 61.5 Å². The van der Waals surface area contributed by atoms with E-state index in [0.29, 0.717) is 52.5 Å². The molecule has 0 saturated carbocycles. The SMILES string of the molecule is CCOc1cc(/C=C(/C#N)C(=O)Nc2cccc(Cl)c2)ccc1OCc1ccc(OCc2ccccc2)c(OC)c1. The van der Waals surface area contributed by atoms with Gasteiger partial charge in [0.05, 0.1) is 13.7 Å². The first kappa shape index (κ1) is 29.1. The molecule has 0 aliphatic carbocycles. The van der Waals surface area contributed by atoms with Crippen LogP contribution in [0.15, 0.2) is 96.6 Å². The summed E-state index contributed by atoms with van der Waals surface area (Å²) >= 11 is 5.99. The fourth-order valence-electron chi connectivity index (χ4n) is 3.90. The minimum Gasteiger partial charge on any atom is -0.493 e. The van der Waals surface area contributed by atoms with Gasteiger partial charge in [0.2, 0.25) is 0 Å². The molecule has 1 amide bonds. The summed E-state index contributed by atoms with van der Waals surface area (Å²) in [5.74, 6) is 1.71. The first-order valence-corrected chi connectivity index (χ1v) is 13.3. The van der Waals surface area contributed by atoms with Crippen molar-refractivity contribution in [3.8, 4) is 29.1 Å². The van der Waals surface area contributed by atoms with Crippen molar-refractivity contribution in [1.82, 2.24) is 0 Å². The number of hydrogen-bond acceptors (Lipinski definition) is 6. The Morgan fingerprint density at radius 1 is 0.829 bits per heavy atom. The van der Waals surface area contributed by atoms with Gasteiger partial charge in [-0.15, -0.1) is 0 Å². The van der Waals surface area contributed by atoms with Gasteiger partial charge in [-0.2, -0.15) is 5.26 Å². The van der Waals surface area contributed by atoms with Crippen molar-refractivity contribution in [3.05, 3.63) is 118 Å². The van der Waals surface area contributed by atoms with Crippen LogP contribution in [0.2, 0.25) is 5.02 Å². The van der Waals surface area contributed by atoms with E-state index in [1.54, 1.807) is 49.6 Å². The summed E-state index contributed by atoms with van der Waals surface area (Å²) in [6, 6.07) is 29.4. The predicted octanol–water partition coefficient (Wildman–Crippen LogP) is 7.45. The maximum atomic E-state index is 12.7. The molecule has 1 N–H and O–H groups in total. The van der Waals surface area contributed by atoms with E-state index < -0.39 is 5.91 Å². The number of nitrogens with zero attached hydrogens (tertiary/aromatic N) is 1. The number of halogens is 1. The van der Waals surface area contributed by atoms with Gasteiger partial charge < -0.3 is 24.3 Å². The zero-order valence-corrected chi connectivity index (χ0v) is 23.5. The van der Waals surface area contributed by atoms with Gasteiger partial charge in [-0.1, -0.05) is 60.1 Å². The summed E-state index contributed by atoms with van der Waals surface area (Å²) in [6.07, 6.45) is 1.49. The number of rotatable bonds is 12. The number of anilines is 1. The predicted molar refractivity (Wildman–Crippen MR) is 159 cm³/mol. The molecule has 0 heterocycles. The fourth-order valence-corrected chi connectivity index (χ4v) is 4.09. The molecule has 0 atom stereocenters. The van der Waals surface area contributed by atoms with Crippen molar-refractivity contribution in [2.45, 2.75) is 20.1 Å². The number of benzene rings is 4. The number of methoxy groups -OCH3 is 1. The smallest absolute Gasteiger partial charge is 0.266 e. The monoisotopic (exact) mass is 568 g/mol. The minimum absolute atomic E-state index is 0.0669. The Labute approximate surface area is 244 Å². The lowest BCUT2D eigenvalue weighted by Crippen LogP contribution is -2.13.